The number of nitriles is 1. The highest BCUT2D eigenvalue weighted by molar-refractivity contribution is 7.98. The molecule has 186 valence electrons. The van der Waals surface area contributed by atoms with Gasteiger partial charge >= 0.3 is 11.9 Å². The van der Waals surface area contributed by atoms with Crippen LogP contribution >= 0.6 is 11.8 Å². The van der Waals surface area contributed by atoms with Crippen molar-refractivity contribution in [3.63, 3.8) is 0 Å². The molecule has 3 aromatic rings. The Bertz CT molecular complexity index is 1440. The van der Waals surface area contributed by atoms with Gasteiger partial charge in [-0.1, -0.05) is 54.6 Å². The van der Waals surface area contributed by atoms with Crippen molar-refractivity contribution in [3.05, 3.63) is 107 Å². The molecule has 0 amide bonds. The van der Waals surface area contributed by atoms with Crippen LogP contribution in [0, 0.1) is 11.3 Å². The van der Waals surface area contributed by atoms with Gasteiger partial charge in [0, 0.05) is 10.6 Å². The van der Waals surface area contributed by atoms with Crippen LogP contribution in [-0.2, 0) is 19.1 Å². The molecule has 1 atom stereocenters. The van der Waals surface area contributed by atoms with Crippen molar-refractivity contribution in [2.45, 2.75) is 10.8 Å². The molecule has 8 heteroatoms. The van der Waals surface area contributed by atoms with Crippen LogP contribution in [0.2, 0.25) is 0 Å². The fourth-order valence-electron chi connectivity index (χ4n) is 4.39. The molecule has 0 spiro atoms. The molecule has 1 unspecified atom stereocenters. The van der Waals surface area contributed by atoms with Gasteiger partial charge in [0.25, 0.3) is 0 Å². The number of allylic oxidation sites excluding steroid dienone is 1. The SMILES string of the molecule is COC(=O)C1=C(C(=O)OC)N(c2cccc(-c3ccc(SC)cc3)c2)C(N)=C(C#N)C1c1ccccc1. The molecule has 37 heavy (non-hydrogen) atoms. The summed E-state index contributed by atoms with van der Waals surface area (Å²) >= 11 is 1.65. The van der Waals surface area contributed by atoms with E-state index >= 15 is 0 Å². The van der Waals surface area contributed by atoms with Crippen molar-refractivity contribution >= 4 is 29.4 Å². The molecule has 0 bridgehead atoms. The van der Waals surface area contributed by atoms with Gasteiger partial charge in [-0.25, -0.2) is 9.59 Å². The number of benzene rings is 3. The third kappa shape index (κ3) is 4.82. The first kappa shape index (κ1) is 25.6. The van der Waals surface area contributed by atoms with Crippen LogP contribution in [0.1, 0.15) is 11.5 Å². The zero-order chi connectivity index (χ0) is 26.5. The highest BCUT2D eigenvalue weighted by Crippen LogP contribution is 2.43. The van der Waals surface area contributed by atoms with Gasteiger partial charge in [0.05, 0.1) is 37.4 Å². The Hall–Kier alpha value is -4.48. The second-order valence-electron chi connectivity index (χ2n) is 8.11. The van der Waals surface area contributed by atoms with Crippen molar-refractivity contribution in [1.82, 2.24) is 0 Å². The summed E-state index contributed by atoms with van der Waals surface area (Å²) in [5.74, 6) is -2.43. The second kappa shape index (κ2) is 11.1. The van der Waals surface area contributed by atoms with E-state index in [9.17, 15) is 14.9 Å². The van der Waals surface area contributed by atoms with Crippen molar-refractivity contribution in [2.75, 3.05) is 25.4 Å². The third-order valence-electron chi connectivity index (χ3n) is 6.14. The van der Waals surface area contributed by atoms with Crippen LogP contribution in [0.15, 0.2) is 106 Å². The highest BCUT2D eigenvalue weighted by Gasteiger charge is 2.43. The maximum atomic E-state index is 13.2. The van der Waals surface area contributed by atoms with Crippen LogP contribution in [-0.4, -0.2) is 32.4 Å². The minimum absolute atomic E-state index is 0.0268. The van der Waals surface area contributed by atoms with Crippen LogP contribution in [0.4, 0.5) is 5.69 Å². The topological polar surface area (TPSA) is 106 Å². The smallest absolute Gasteiger partial charge is 0.355 e. The molecule has 1 aliphatic rings. The predicted molar refractivity (Wildman–Crippen MR) is 143 cm³/mol. The minimum Gasteiger partial charge on any atom is -0.466 e. The van der Waals surface area contributed by atoms with Crippen LogP contribution in [0.25, 0.3) is 11.1 Å². The summed E-state index contributed by atoms with van der Waals surface area (Å²) in [7, 11) is 2.45. The number of nitrogens with two attached hydrogens (primary N) is 1. The number of methoxy groups -OCH3 is 2. The molecule has 3 aromatic carbocycles. The maximum Gasteiger partial charge on any atom is 0.355 e. The molecule has 7 nitrogen and oxygen atoms in total. The van der Waals surface area contributed by atoms with Gasteiger partial charge in [0.1, 0.15) is 11.5 Å². The third-order valence-corrected chi connectivity index (χ3v) is 6.88. The quantitative estimate of drug-likeness (QED) is 0.365. The number of ether oxygens (including phenoxy) is 2. The second-order valence-corrected chi connectivity index (χ2v) is 8.99. The van der Waals surface area contributed by atoms with Gasteiger partial charge < -0.3 is 15.2 Å². The molecule has 0 aliphatic carbocycles. The summed E-state index contributed by atoms with van der Waals surface area (Å²) < 4.78 is 10.2. The van der Waals surface area contributed by atoms with Crippen molar-refractivity contribution in [2.24, 2.45) is 5.73 Å². The molecule has 0 aromatic heterocycles. The van der Waals surface area contributed by atoms with Crippen LogP contribution in [0.3, 0.4) is 0 Å². The Morgan fingerprint density at radius 3 is 2.19 bits per heavy atom. The zero-order valence-electron chi connectivity index (χ0n) is 20.6. The molecule has 1 aliphatic heterocycles. The number of thioether (sulfide) groups is 1. The molecule has 0 saturated carbocycles. The molecule has 2 N–H and O–H groups in total. The number of hydrogen-bond acceptors (Lipinski definition) is 8. The first-order valence-corrected chi connectivity index (χ1v) is 12.6. The maximum absolute atomic E-state index is 13.2. The summed E-state index contributed by atoms with van der Waals surface area (Å²) in [5.41, 5.74) is 9.51. The monoisotopic (exact) mass is 511 g/mol. The number of carbonyl (C=O) groups excluding carboxylic acids is 2. The van der Waals surface area contributed by atoms with E-state index < -0.39 is 17.9 Å². The van der Waals surface area contributed by atoms with Crippen molar-refractivity contribution in [3.8, 4) is 17.2 Å². The van der Waals surface area contributed by atoms with E-state index in [1.807, 2.05) is 54.8 Å². The molecule has 4 rings (SSSR count). The molecular weight excluding hydrogens is 486 g/mol. The zero-order valence-corrected chi connectivity index (χ0v) is 21.4. The summed E-state index contributed by atoms with van der Waals surface area (Å²) in [6.07, 6.45) is 2.01. The van der Waals surface area contributed by atoms with Crippen LogP contribution in [0.5, 0.6) is 0 Å². The molecular formula is C29H25N3O4S. The summed E-state index contributed by atoms with van der Waals surface area (Å²) in [6, 6.07) is 26.5. The Kier molecular flexibility index (Phi) is 7.66. The average molecular weight is 512 g/mol. The van der Waals surface area contributed by atoms with E-state index in [1.54, 1.807) is 42.1 Å². The molecule has 0 radical (unpaired) electrons. The fraction of sp³-hybridized carbons (Fsp3) is 0.138. The Labute approximate surface area is 219 Å². The number of carbonyl (C=O) groups is 2. The first-order chi connectivity index (χ1) is 17.9. The number of anilines is 1. The van der Waals surface area contributed by atoms with Crippen molar-refractivity contribution < 1.29 is 19.1 Å². The predicted octanol–water partition coefficient (Wildman–Crippen LogP) is 4.97. The van der Waals surface area contributed by atoms with Gasteiger partial charge in [0.15, 0.2) is 0 Å². The largest absolute Gasteiger partial charge is 0.466 e. The molecule has 0 fully saturated rings. The van der Waals surface area contributed by atoms with E-state index in [2.05, 4.69) is 6.07 Å². The Balaban J connectivity index is 1.98. The number of esters is 2. The summed E-state index contributed by atoms with van der Waals surface area (Å²) in [6.45, 7) is 0. The van der Waals surface area contributed by atoms with E-state index in [1.165, 1.54) is 19.1 Å². The number of hydrogen-bond donors (Lipinski definition) is 1. The van der Waals surface area contributed by atoms with Gasteiger partial charge in [-0.2, -0.15) is 5.26 Å². The Morgan fingerprint density at radius 2 is 1.59 bits per heavy atom. The van der Waals surface area contributed by atoms with Crippen LogP contribution < -0.4 is 10.6 Å². The van der Waals surface area contributed by atoms with E-state index in [0.717, 1.165) is 16.0 Å². The van der Waals surface area contributed by atoms with E-state index in [4.69, 9.17) is 15.2 Å². The fourth-order valence-corrected chi connectivity index (χ4v) is 4.80. The van der Waals surface area contributed by atoms with Gasteiger partial charge in [-0.3, -0.25) is 4.90 Å². The lowest BCUT2D eigenvalue weighted by molar-refractivity contribution is -0.139. The summed E-state index contributed by atoms with van der Waals surface area (Å²) in [5, 5.41) is 10.2. The first-order valence-electron chi connectivity index (χ1n) is 11.3. The highest BCUT2D eigenvalue weighted by atomic mass is 32.2. The number of nitrogens with zero attached hydrogens (tertiary/aromatic N) is 2. The van der Waals surface area contributed by atoms with Crippen molar-refractivity contribution in [1.29, 1.82) is 5.26 Å². The van der Waals surface area contributed by atoms with Gasteiger partial charge in [-0.15, -0.1) is 11.8 Å². The Morgan fingerprint density at radius 1 is 0.919 bits per heavy atom. The molecule has 1 heterocycles. The normalized spacial score (nSPS) is 15.3. The van der Waals surface area contributed by atoms with Gasteiger partial charge in [-0.05, 0) is 47.2 Å². The lowest BCUT2D eigenvalue weighted by atomic mass is 9.81. The lowest BCUT2D eigenvalue weighted by Crippen LogP contribution is -2.40. The number of rotatable bonds is 6. The van der Waals surface area contributed by atoms with E-state index in [0.29, 0.717) is 11.3 Å². The average Bonchev–Trinajstić information content (AvgIpc) is 2.96. The molecule has 0 saturated heterocycles. The van der Waals surface area contributed by atoms with Gasteiger partial charge in [0.2, 0.25) is 0 Å². The minimum atomic E-state index is -0.911. The lowest BCUT2D eigenvalue weighted by Gasteiger charge is -2.36. The van der Waals surface area contributed by atoms with E-state index in [-0.39, 0.29) is 22.7 Å². The summed E-state index contributed by atoms with van der Waals surface area (Å²) in [4.78, 5) is 28.9. The standard InChI is InChI=1S/C29H25N3O4S/c1-35-28(33)25-24(19-8-5-4-6-9-19)23(17-30)27(31)32(26(25)29(34)36-2)21-11-7-10-20(16-21)18-12-14-22(37-3)15-13-18/h4-16,24H,31H2,1-3H3.